The predicted octanol–water partition coefficient (Wildman–Crippen LogP) is 13.2. The highest BCUT2D eigenvalue weighted by atomic mass is 32.1. The first-order valence-corrected chi connectivity index (χ1v) is 16.5. The van der Waals surface area contributed by atoms with E-state index in [4.69, 9.17) is 0 Å². The molecule has 0 saturated heterocycles. The number of anilines is 3. The van der Waals surface area contributed by atoms with Crippen LogP contribution in [0.3, 0.4) is 0 Å². The maximum absolute atomic E-state index is 2.47. The smallest absolute Gasteiger partial charge is 0.0561 e. The van der Waals surface area contributed by atoms with Gasteiger partial charge in [0.1, 0.15) is 0 Å². The van der Waals surface area contributed by atoms with E-state index in [-0.39, 0.29) is 0 Å². The van der Waals surface area contributed by atoms with Crippen molar-refractivity contribution in [1.29, 1.82) is 0 Å². The van der Waals surface area contributed by atoms with Gasteiger partial charge in [0.05, 0.1) is 11.4 Å². The third-order valence-corrected chi connectivity index (χ3v) is 10.2. The molecule has 1 aromatic heterocycles. The minimum absolute atomic E-state index is 1.12. The van der Waals surface area contributed by atoms with Gasteiger partial charge < -0.3 is 4.90 Å². The molecule has 8 aromatic carbocycles. The molecule has 0 aliphatic rings. The van der Waals surface area contributed by atoms with E-state index in [0.717, 1.165) is 11.4 Å². The topological polar surface area (TPSA) is 3.24 Å². The van der Waals surface area contributed by atoms with Crippen molar-refractivity contribution in [3.63, 3.8) is 0 Å². The lowest BCUT2D eigenvalue weighted by Gasteiger charge is -2.29. The van der Waals surface area contributed by atoms with Crippen LogP contribution in [0.1, 0.15) is 0 Å². The van der Waals surface area contributed by atoms with Gasteiger partial charge in [-0.25, -0.2) is 0 Å². The molecule has 1 nitrogen and oxygen atoms in total. The Morgan fingerprint density at radius 3 is 1.89 bits per heavy atom. The first kappa shape index (κ1) is 26.7. The molecule has 0 radical (unpaired) electrons. The van der Waals surface area contributed by atoms with Gasteiger partial charge in [0, 0.05) is 31.4 Å². The van der Waals surface area contributed by atoms with Gasteiger partial charge >= 0.3 is 0 Å². The molecule has 0 spiro atoms. The standard InChI is InChI=1S/C44H29NS/c1-2-13-32(14-3-1)37-17-8-10-20-40(37)45(36-26-24-31(25-27-36)34-23-22-30-12-4-5-15-33(30)28-34)41-29-35-16-6-7-18-38(35)44-43(41)39-19-9-11-21-42(39)46-44/h1-29H. The van der Waals surface area contributed by atoms with Crippen LogP contribution < -0.4 is 4.90 Å². The lowest BCUT2D eigenvalue weighted by Crippen LogP contribution is -2.11. The minimum atomic E-state index is 1.12. The number of benzene rings is 8. The summed E-state index contributed by atoms with van der Waals surface area (Å²) in [5, 5.41) is 7.64. The summed E-state index contributed by atoms with van der Waals surface area (Å²) in [6, 6.07) is 63.9. The second-order valence-electron chi connectivity index (χ2n) is 11.7. The number of para-hydroxylation sites is 1. The zero-order valence-electron chi connectivity index (χ0n) is 25.1. The number of nitrogens with zero attached hydrogens (tertiary/aromatic N) is 1. The molecule has 0 fully saturated rings. The van der Waals surface area contributed by atoms with Crippen LogP contribution in [0.5, 0.6) is 0 Å². The van der Waals surface area contributed by atoms with Gasteiger partial charge in [-0.15, -0.1) is 11.3 Å². The number of hydrogen-bond acceptors (Lipinski definition) is 2. The lowest BCUT2D eigenvalue weighted by atomic mass is 9.98. The van der Waals surface area contributed by atoms with Crippen LogP contribution in [0, 0.1) is 0 Å². The van der Waals surface area contributed by atoms with Crippen molar-refractivity contribution in [1.82, 2.24) is 0 Å². The maximum Gasteiger partial charge on any atom is 0.0561 e. The van der Waals surface area contributed by atoms with Crippen molar-refractivity contribution >= 4 is 70.1 Å². The number of hydrogen-bond donors (Lipinski definition) is 0. The van der Waals surface area contributed by atoms with E-state index in [9.17, 15) is 0 Å². The van der Waals surface area contributed by atoms with Crippen molar-refractivity contribution in [2.45, 2.75) is 0 Å². The molecule has 216 valence electrons. The molecular formula is C44H29NS. The summed E-state index contributed by atoms with van der Waals surface area (Å²) in [6.45, 7) is 0. The Balaban J connectivity index is 1.31. The van der Waals surface area contributed by atoms with E-state index in [2.05, 4.69) is 181 Å². The average Bonchev–Trinajstić information content (AvgIpc) is 3.53. The Morgan fingerprint density at radius 2 is 1.04 bits per heavy atom. The molecule has 46 heavy (non-hydrogen) atoms. The summed E-state index contributed by atoms with van der Waals surface area (Å²) in [6.07, 6.45) is 0. The highest BCUT2D eigenvalue weighted by Gasteiger charge is 2.22. The van der Waals surface area contributed by atoms with Crippen LogP contribution in [0.2, 0.25) is 0 Å². The first-order valence-electron chi connectivity index (χ1n) is 15.7. The Morgan fingerprint density at radius 1 is 0.391 bits per heavy atom. The Hall–Kier alpha value is -5.70. The van der Waals surface area contributed by atoms with Crippen molar-refractivity contribution in [3.05, 3.63) is 176 Å². The third kappa shape index (κ3) is 4.46. The van der Waals surface area contributed by atoms with Gasteiger partial charge in [0.25, 0.3) is 0 Å². The van der Waals surface area contributed by atoms with Crippen molar-refractivity contribution in [3.8, 4) is 22.3 Å². The van der Waals surface area contributed by atoms with E-state index in [1.807, 2.05) is 11.3 Å². The monoisotopic (exact) mass is 603 g/mol. The van der Waals surface area contributed by atoms with Gasteiger partial charge in [-0.1, -0.05) is 140 Å². The first-order chi connectivity index (χ1) is 22.8. The Labute approximate surface area is 272 Å². The average molecular weight is 604 g/mol. The fraction of sp³-hybridized carbons (Fsp3) is 0. The van der Waals surface area contributed by atoms with Gasteiger partial charge in [-0.3, -0.25) is 0 Å². The maximum atomic E-state index is 2.47. The molecule has 1 heterocycles. The molecule has 9 rings (SSSR count). The van der Waals surface area contributed by atoms with Crippen LogP contribution in [0.4, 0.5) is 17.1 Å². The zero-order valence-corrected chi connectivity index (χ0v) is 25.9. The number of rotatable bonds is 5. The fourth-order valence-electron chi connectivity index (χ4n) is 6.83. The SMILES string of the molecule is c1ccc(-c2ccccc2N(c2ccc(-c3ccc4ccccc4c3)cc2)c2cc3ccccc3c3sc4ccccc4c23)cc1. The van der Waals surface area contributed by atoms with E-state index in [1.54, 1.807) is 0 Å². The summed E-state index contributed by atoms with van der Waals surface area (Å²) in [5.74, 6) is 0. The number of fused-ring (bicyclic) bond motifs is 6. The molecule has 0 saturated carbocycles. The lowest BCUT2D eigenvalue weighted by molar-refractivity contribution is 1.30. The molecular weight excluding hydrogens is 575 g/mol. The molecule has 0 N–H and O–H groups in total. The summed E-state index contributed by atoms with van der Waals surface area (Å²) in [7, 11) is 0. The molecule has 0 amide bonds. The molecule has 9 aromatic rings. The summed E-state index contributed by atoms with van der Waals surface area (Å²) >= 11 is 1.89. The molecule has 0 aliphatic heterocycles. The quantitative estimate of drug-likeness (QED) is 0.189. The third-order valence-electron chi connectivity index (χ3n) is 9.03. The van der Waals surface area contributed by atoms with E-state index < -0.39 is 0 Å². The van der Waals surface area contributed by atoms with Crippen molar-refractivity contribution < 1.29 is 0 Å². The molecule has 0 atom stereocenters. The van der Waals surface area contributed by atoms with Crippen LogP contribution >= 0.6 is 11.3 Å². The van der Waals surface area contributed by atoms with Gasteiger partial charge in [-0.05, 0) is 74.6 Å². The molecule has 0 aliphatic carbocycles. The van der Waals surface area contributed by atoms with Crippen LogP contribution in [-0.2, 0) is 0 Å². The van der Waals surface area contributed by atoms with Crippen LogP contribution in [-0.4, -0.2) is 0 Å². The largest absolute Gasteiger partial charge is 0.309 e. The minimum Gasteiger partial charge on any atom is -0.309 e. The zero-order chi connectivity index (χ0) is 30.5. The van der Waals surface area contributed by atoms with Gasteiger partial charge in [0.15, 0.2) is 0 Å². The van der Waals surface area contributed by atoms with Crippen molar-refractivity contribution in [2.24, 2.45) is 0 Å². The fourth-order valence-corrected chi connectivity index (χ4v) is 8.08. The van der Waals surface area contributed by atoms with Crippen LogP contribution in [0.15, 0.2) is 176 Å². The van der Waals surface area contributed by atoms with E-state index in [0.29, 0.717) is 0 Å². The summed E-state index contributed by atoms with van der Waals surface area (Å²) in [4.78, 5) is 2.47. The Kier molecular flexibility index (Phi) is 6.40. The second kappa shape index (κ2) is 11.0. The Bertz CT molecular complexity index is 2530. The normalized spacial score (nSPS) is 11.5. The molecule has 0 unspecified atom stereocenters. The van der Waals surface area contributed by atoms with E-state index >= 15 is 0 Å². The van der Waals surface area contributed by atoms with Crippen molar-refractivity contribution in [2.75, 3.05) is 4.90 Å². The van der Waals surface area contributed by atoms with E-state index in [1.165, 1.54) is 69.7 Å². The molecule has 2 heteroatoms. The van der Waals surface area contributed by atoms with Gasteiger partial charge in [-0.2, -0.15) is 0 Å². The molecule has 0 bridgehead atoms. The van der Waals surface area contributed by atoms with Gasteiger partial charge in [0.2, 0.25) is 0 Å². The summed E-state index contributed by atoms with van der Waals surface area (Å²) in [5.41, 5.74) is 8.28. The number of thiophene rings is 1. The highest BCUT2D eigenvalue weighted by Crippen LogP contribution is 2.49. The summed E-state index contributed by atoms with van der Waals surface area (Å²) < 4.78 is 2.63. The highest BCUT2D eigenvalue weighted by molar-refractivity contribution is 7.26. The second-order valence-corrected chi connectivity index (χ2v) is 12.8. The van der Waals surface area contributed by atoms with Crippen LogP contribution in [0.25, 0.3) is 64.0 Å². The predicted molar refractivity (Wildman–Crippen MR) is 200 cm³/mol.